The molecule has 0 amide bonds. The Kier molecular flexibility index (Phi) is 2.76. The van der Waals surface area contributed by atoms with Crippen molar-refractivity contribution in [2.45, 2.75) is 52.0 Å². The van der Waals surface area contributed by atoms with Crippen LogP contribution in [0.5, 0.6) is 0 Å². The van der Waals surface area contributed by atoms with Crippen LogP contribution in [0.15, 0.2) is 4.99 Å². The quantitative estimate of drug-likeness (QED) is 0.473. The summed E-state index contributed by atoms with van der Waals surface area (Å²) in [5.41, 5.74) is 5.74. The van der Waals surface area contributed by atoms with E-state index in [-0.39, 0.29) is 5.54 Å². The van der Waals surface area contributed by atoms with Gasteiger partial charge in [0.25, 0.3) is 0 Å². The molecule has 70 valence electrons. The van der Waals surface area contributed by atoms with Crippen LogP contribution < -0.4 is 5.73 Å². The molecule has 2 heteroatoms. The third kappa shape index (κ3) is 2.50. The Morgan fingerprint density at radius 2 is 1.92 bits per heavy atom. The van der Waals surface area contributed by atoms with Crippen molar-refractivity contribution >= 4 is 5.84 Å². The lowest BCUT2D eigenvalue weighted by molar-refractivity contribution is 0.266. The van der Waals surface area contributed by atoms with Gasteiger partial charge in [-0.1, -0.05) is 6.92 Å². The third-order valence-electron chi connectivity index (χ3n) is 2.80. The Hall–Kier alpha value is -0.530. The van der Waals surface area contributed by atoms with Crippen LogP contribution in [0.2, 0.25) is 0 Å². The summed E-state index contributed by atoms with van der Waals surface area (Å²) in [6, 6.07) is 0. The fourth-order valence-electron chi connectivity index (χ4n) is 1.92. The third-order valence-corrected chi connectivity index (χ3v) is 2.80. The smallest absolute Gasteiger partial charge is 0.0912 e. The molecule has 1 rings (SSSR count). The van der Waals surface area contributed by atoms with Gasteiger partial charge in [0.15, 0.2) is 0 Å². The summed E-state index contributed by atoms with van der Waals surface area (Å²) in [5, 5.41) is 0. The van der Waals surface area contributed by atoms with E-state index in [0.29, 0.717) is 0 Å². The van der Waals surface area contributed by atoms with Gasteiger partial charge in [0.05, 0.1) is 11.4 Å². The number of hydrogen-bond donors (Lipinski definition) is 1. The molecule has 2 N–H and O–H groups in total. The van der Waals surface area contributed by atoms with E-state index in [4.69, 9.17) is 5.73 Å². The van der Waals surface area contributed by atoms with Crippen LogP contribution in [0.4, 0.5) is 0 Å². The molecule has 0 unspecified atom stereocenters. The number of hydrogen-bond acceptors (Lipinski definition) is 1. The van der Waals surface area contributed by atoms with Gasteiger partial charge in [-0.05, 0) is 45.4 Å². The van der Waals surface area contributed by atoms with E-state index in [0.717, 1.165) is 11.8 Å². The second kappa shape index (κ2) is 3.46. The fourth-order valence-corrected chi connectivity index (χ4v) is 1.92. The summed E-state index contributed by atoms with van der Waals surface area (Å²) in [6.07, 6.45) is 4.99. The second-order valence-corrected chi connectivity index (χ2v) is 4.43. The lowest BCUT2D eigenvalue weighted by Crippen LogP contribution is -2.30. The largest absolute Gasteiger partial charge is 0.388 e. The maximum absolute atomic E-state index is 5.59. The Balaban J connectivity index is 2.56. The molecule has 0 saturated heterocycles. The average Bonchev–Trinajstić information content (AvgIpc) is 1.94. The molecule has 1 aliphatic rings. The number of rotatable bonds is 1. The van der Waals surface area contributed by atoms with Crippen LogP contribution in [-0.2, 0) is 0 Å². The van der Waals surface area contributed by atoms with E-state index < -0.39 is 0 Å². The standard InChI is InChI=1S/C10H20N2/c1-8-4-6-10(3,7-5-8)12-9(2)11/h8H,4-7H2,1-3H3,(H2,11,12). The fraction of sp³-hybridized carbons (Fsp3) is 0.900. The second-order valence-electron chi connectivity index (χ2n) is 4.43. The van der Waals surface area contributed by atoms with E-state index in [1.54, 1.807) is 0 Å². The van der Waals surface area contributed by atoms with Crippen molar-refractivity contribution in [2.24, 2.45) is 16.6 Å². The summed E-state index contributed by atoms with van der Waals surface area (Å²) >= 11 is 0. The number of nitrogens with zero attached hydrogens (tertiary/aromatic N) is 1. The zero-order valence-electron chi connectivity index (χ0n) is 8.43. The molecule has 12 heavy (non-hydrogen) atoms. The molecule has 0 aliphatic heterocycles. The van der Waals surface area contributed by atoms with Crippen LogP contribution in [0.1, 0.15) is 46.5 Å². The van der Waals surface area contributed by atoms with Crippen molar-refractivity contribution in [3.8, 4) is 0 Å². The van der Waals surface area contributed by atoms with Gasteiger partial charge in [-0.15, -0.1) is 0 Å². The molecule has 0 aromatic heterocycles. The molecule has 2 nitrogen and oxygen atoms in total. The van der Waals surface area contributed by atoms with Crippen molar-refractivity contribution in [2.75, 3.05) is 0 Å². The molecule has 1 aliphatic carbocycles. The van der Waals surface area contributed by atoms with Gasteiger partial charge in [-0.25, -0.2) is 0 Å². The van der Waals surface area contributed by atoms with Gasteiger partial charge in [0.2, 0.25) is 0 Å². The van der Waals surface area contributed by atoms with Gasteiger partial charge in [-0.2, -0.15) is 0 Å². The van der Waals surface area contributed by atoms with Gasteiger partial charge < -0.3 is 5.73 Å². The van der Waals surface area contributed by atoms with Gasteiger partial charge in [-0.3, -0.25) is 4.99 Å². The molecule has 1 saturated carbocycles. The van der Waals surface area contributed by atoms with Crippen molar-refractivity contribution in [3.63, 3.8) is 0 Å². The van der Waals surface area contributed by atoms with E-state index in [1.807, 2.05) is 6.92 Å². The zero-order chi connectivity index (χ0) is 9.19. The topological polar surface area (TPSA) is 38.4 Å². The first kappa shape index (κ1) is 9.56. The first-order chi connectivity index (χ1) is 5.52. The molecule has 0 heterocycles. The van der Waals surface area contributed by atoms with Gasteiger partial charge in [0, 0.05) is 0 Å². The number of amidine groups is 1. The molecular formula is C10H20N2. The normalized spacial score (nSPS) is 38.2. The van der Waals surface area contributed by atoms with E-state index in [2.05, 4.69) is 18.8 Å². The van der Waals surface area contributed by atoms with Gasteiger partial charge in [0.1, 0.15) is 0 Å². The first-order valence-electron chi connectivity index (χ1n) is 4.84. The summed E-state index contributed by atoms with van der Waals surface area (Å²) in [4.78, 5) is 4.50. The molecule has 0 atom stereocenters. The molecular weight excluding hydrogens is 148 g/mol. The molecule has 0 aromatic rings. The molecule has 0 aromatic carbocycles. The van der Waals surface area contributed by atoms with E-state index in [1.165, 1.54) is 25.7 Å². The Morgan fingerprint density at radius 1 is 1.42 bits per heavy atom. The van der Waals surface area contributed by atoms with Crippen molar-refractivity contribution in [1.29, 1.82) is 0 Å². The first-order valence-corrected chi connectivity index (χ1v) is 4.84. The number of aliphatic imine (C=N–C) groups is 1. The molecule has 0 bridgehead atoms. The summed E-state index contributed by atoms with van der Waals surface area (Å²) in [5.74, 6) is 1.61. The minimum absolute atomic E-state index is 0.144. The van der Waals surface area contributed by atoms with Crippen molar-refractivity contribution < 1.29 is 0 Å². The van der Waals surface area contributed by atoms with Gasteiger partial charge >= 0.3 is 0 Å². The average molecular weight is 168 g/mol. The Morgan fingerprint density at radius 3 is 2.33 bits per heavy atom. The molecule has 1 fully saturated rings. The van der Waals surface area contributed by atoms with Crippen molar-refractivity contribution in [3.05, 3.63) is 0 Å². The Labute approximate surface area is 75.3 Å². The zero-order valence-corrected chi connectivity index (χ0v) is 8.43. The predicted octanol–water partition coefficient (Wildman–Crippen LogP) is 2.33. The SMILES string of the molecule is CC(N)=NC1(C)CCC(C)CC1. The van der Waals surface area contributed by atoms with Crippen molar-refractivity contribution in [1.82, 2.24) is 0 Å². The summed E-state index contributed by atoms with van der Waals surface area (Å²) in [7, 11) is 0. The predicted molar refractivity (Wildman–Crippen MR) is 53.3 cm³/mol. The lowest BCUT2D eigenvalue weighted by atomic mass is 9.79. The highest BCUT2D eigenvalue weighted by molar-refractivity contribution is 5.77. The highest BCUT2D eigenvalue weighted by atomic mass is 14.9. The van der Waals surface area contributed by atoms with E-state index in [9.17, 15) is 0 Å². The monoisotopic (exact) mass is 168 g/mol. The van der Waals surface area contributed by atoms with Crippen LogP contribution in [0.3, 0.4) is 0 Å². The summed E-state index contributed by atoms with van der Waals surface area (Å²) < 4.78 is 0. The minimum Gasteiger partial charge on any atom is -0.388 e. The van der Waals surface area contributed by atoms with Crippen LogP contribution >= 0.6 is 0 Å². The van der Waals surface area contributed by atoms with Crippen LogP contribution in [-0.4, -0.2) is 11.4 Å². The lowest BCUT2D eigenvalue weighted by Gasteiger charge is -2.33. The molecule has 0 spiro atoms. The van der Waals surface area contributed by atoms with Crippen LogP contribution in [0.25, 0.3) is 0 Å². The number of nitrogens with two attached hydrogens (primary N) is 1. The Bertz CT molecular complexity index is 172. The highest BCUT2D eigenvalue weighted by Gasteiger charge is 2.28. The van der Waals surface area contributed by atoms with Crippen LogP contribution in [0, 0.1) is 5.92 Å². The highest BCUT2D eigenvalue weighted by Crippen LogP contribution is 2.34. The minimum atomic E-state index is 0.144. The maximum atomic E-state index is 5.59. The van der Waals surface area contributed by atoms with E-state index >= 15 is 0 Å². The summed E-state index contributed by atoms with van der Waals surface area (Å²) in [6.45, 7) is 6.41. The molecule has 0 radical (unpaired) electrons. The maximum Gasteiger partial charge on any atom is 0.0912 e.